The van der Waals surface area contributed by atoms with E-state index in [9.17, 15) is 8.42 Å². The van der Waals surface area contributed by atoms with Crippen molar-refractivity contribution < 1.29 is 13.2 Å². The monoisotopic (exact) mass is 295 g/mol. The largest absolute Gasteiger partial charge is 0.491 e. The molecule has 1 aromatic rings. The molecule has 0 bridgehead atoms. The third-order valence-corrected chi connectivity index (χ3v) is 4.45. The van der Waals surface area contributed by atoms with Crippen molar-refractivity contribution in [2.45, 2.75) is 20.3 Å². The molecule has 1 rings (SSSR count). The molecule has 1 aromatic carbocycles. The van der Waals surface area contributed by atoms with Crippen molar-refractivity contribution in [1.82, 2.24) is 0 Å². The van der Waals surface area contributed by atoms with E-state index in [1.807, 2.05) is 32.0 Å². The quantitative estimate of drug-likeness (QED) is 0.808. The molecule has 4 nitrogen and oxygen atoms in total. The highest BCUT2D eigenvalue weighted by Gasteiger charge is 2.10. The Morgan fingerprint density at radius 1 is 1.30 bits per heavy atom. The fourth-order valence-corrected chi connectivity index (χ4v) is 2.87. The first kappa shape index (κ1) is 16.5. The van der Waals surface area contributed by atoms with E-state index in [2.05, 4.69) is 11.8 Å². The second-order valence-electron chi connectivity index (χ2n) is 4.51. The van der Waals surface area contributed by atoms with Crippen LogP contribution in [-0.4, -0.2) is 33.1 Å². The van der Waals surface area contributed by atoms with Crippen molar-refractivity contribution in [3.8, 4) is 17.6 Å². The van der Waals surface area contributed by atoms with Crippen LogP contribution in [0.5, 0.6) is 5.75 Å². The molecule has 0 amide bonds. The average Bonchev–Trinajstić information content (AvgIpc) is 2.38. The van der Waals surface area contributed by atoms with Gasteiger partial charge in [0.05, 0.1) is 23.6 Å². The number of rotatable bonds is 6. The highest BCUT2D eigenvalue weighted by Crippen LogP contribution is 2.19. The number of benzene rings is 1. The van der Waals surface area contributed by atoms with E-state index in [4.69, 9.17) is 10.5 Å². The lowest BCUT2D eigenvalue weighted by Crippen LogP contribution is -2.17. The number of ether oxygens (including phenoxy) is 1. The molecule has 0 aliphatic rings. The Hall–Kier alpha value is -1.51. The summed E-state index contributed by atoms with van der Waals surface area (Å²) in [6.45, 7) is 4.23. The Bertz CT molecular complexity index is 597. The molecule has 0 radical (unpaired) electrons. The van der Waals surface area contributed by atoms with Gasteiger partial charge in [0.2, 0.25) is 0 Å². The normalized spacial score (nSPS) is 10.8. The first-order chi connectivity index (χ1) is 9.48. The van der Waals surface area contributed by atoms with E-state index in [1.165, 1.54) is 0 Å². The zero-order valence-corrected chi connectivity index (χ0v) is 12.8. The van der Waals surface area contributed by atoms with Crippen LogP contribution in [0.1, 0.15) is 24.5 Å². The minimum atomic E-state index is -3.02. The molecule has 0 saturated heterocycles. The van der Waals surface area contributed by atoms with Crippen molar-refractivity contribution in [2.75, 3.05) is 24.7 Å². The summed E-state index contributed by atoms with van der Waals surface area (Å²) >= 11 is 0. The van der Waals surface area contributed by atoms with Crippen LogP contribution in [0.4, 0.5) is 0 Å². The third kappa shape index (κ3) is 5.64. The minimum Gasteiger partial charge on any atom is -0.491 e. The van der Waals surface area contributed by atoms with Crippen molar-refractivity contribution in [1.29, 1.82) is 0 Å². The van der Waals surface area contributed by atoms with Gasteiger partial charge in [-0.2, -0.15) is 0 Å². The van der Waals surface area contributed by atoms with Gasteiger partial charge < -0.3 is 10.5 Å². The number of sulfone groups is 1. The summed E-state index contributed by atoms with van der Waals surface area (Å²) in [7, 11) is -3.02. The van der Waals surface area contributed by atoms with Gasteiger partial charge in [-0.15, -0.1) is 0 Å². The molecule has 0 atom stereocenters. The topological polar surface area (TPSA) is 69.4 Å². The first-order valence-electron chi connectivity index (χ1n) is 6.61. The van der Waals surface area contributed by atoms with Crippen LogP contribution in [-0.2, 0) is 9.84 Å². The summed E-state index contributed by atoms with van der Waals surface area (Å²) in [6, 6.07) is 5.62. The predicted octanol–water partition coefficient (Wildman–Crippen LogP) is 1.51. The van der Waals surface area contributed by atoms with E-state index in [0.29, 0.717) is 12.2 Å². The minimum absolute atomic E-state index is 0.0263. The Kier molecular flexibility index (Phi) is 6.56. The summed E-state index contributed by atoms with van der Waals surface area (Å²) in [6.07, 6.45) is 0.625. The van der Waals surface area contributed by atoms with E-state index in [1.54, 1.807) is 0 Å². The van der Waals surface area contributed by atoms with Gasteiger partial charge in [0.25, 0.3) is 0 Å². The third-order valence-electron chi connectivity index (χ3n) is 2.63. The Morgan fingerprint density at radius 2 is 2.05 bits per heavy atom. The van der Waals surface area contributed by atoms with Crippen LogP contribution in [0.15, 0.2) is 18.2 Å². The molecule has 20 heavy (non-hydrogen) atoms. The zero-order valence-electron chi connectivity index (χ0n) is 12.0. The second-order valence-corrected chi connectivity index (χ2v) is 6.81. The highest BCUT2D eigenvalue weighted by molar-refractivity contribution is 7.91. The van der Waals surface area contributed by atoms with Crippen molar-refractivity contribution in [2.24, 2.45) is 5.73 Å². The molecule has 110 valence electrons. The summed E-state index contributed by atoms with van der Waals surface area (Å²) in [5.74, 6) is 6.54. The average molecular weight is 295 g/mol. The SMILES string of the molecule is CCCS(=O)(=O)CCOc1ccc(C)cc1C#CCN. The molecule has 0 saturated carbocycles. The van der Waals surface area contributed by atoms with E-state index >= 15 is 0 Å². The highest BCUT2D eigenvalue weighted by atomic mass is 32.2. The fraction of sp³-hybridized carbons (Fsp3) is 0.467. The van der Waals surface area contributed by atoms with Gasteiger partial charge in [-0.25, -0.2) is 8.42 Å². The van der Waals surface area contributed by atoms with E-state index in [0.717, 1.165) is 11.1 Å². The molecule has 5 heteroatoms. The number of aryl methyl sites for hydroxylation is 1. The molecule has 0 spiro atoms. The number of hydrogen-bond acceptors (Lipinski definition) is 4. The maximum atomic E-state index is 11.6. The fourth-order valence-electron chi connectivity index (χ4n) is 1.71. The van der Waals surface area contributed by atoms with E-state index in [-0.39, 0.29) is 24.7 Å². The van der Waals surface area contributed by atoms with Gasteiger partial charge in [0, 0.05) is 0 Å². The number of hydrogen-bond donors (Lipinski definition) is 1. The Morgan fingerprint density at radius 3 is 2.70 bits per heavy atom. The Balaban J connectivity index is 2.73. The van der Waals surface area contributed by atoms with E-state index < -0.39 is 9.84 Å². The molecule has 0 fully saturated rings. The summed E-state index contributed by atoms with van der Waals surface area (Å²) in [5.41, 5.74) is 7.17. The van der Waals surface area contributed by atoms with Gasteiger partial charge in [-0.05, 0) is 31.0 Å². The van der Waals surface area contributed by atoms with Crippen LogP contribution in [0.2, 0.25) is 0 Å². The second kappa shape index (κ2) is 7.93. The lowest BCUT2D eigenvalue weighted by molar-refractivity contribution is 0.340. The predicted molar refractivity (Wildman–Crippen MR) is 81.6 cm³/mol. The van der Waals surface area contributed by atoms with Gasteiger partial charge in [0.1, 0.15) is 12.4 Å². The smallest absolute Gasteiger partial charge is 0.153 e. The first-order valence-corrected chi connectivity index (χ1v) is 8.43. The zero-order chi connectivity index (χ0) is 15.0. The molecule has 0 aliphatic carbocycles. The molecule has 0 aromatic heterocycles. The standard InChI is InChI=1S/C15H21NO3S/c1-3-10-20(17,18)11-9-19-15-7-6-13(2)12-14(15)5-4-8-16/h6-7,12H,3,8-11,16H2,1-2H3. The van der Waals surface area contributed by atoms with Crippen molar-refractivity contribution in [3.05, 3.63) is 29.3 Å². The maximum Gasteiger partial charge on any atom is 0.153 e. The Labute approximate surface area is 121 Å². The molecule has 2 N–H and O–H groups in total. The van der Waals surface area contributed by atoms with Crippen LogP contribution >= 0.6 is 0 Å². The lowest BCUT2D eigenvalue weighted by Gasteiger charge is -2.09. The maximum absolute atomic E-state index is 11.6. The van der Waals surface area contributed by atoms with Gasteiger partial charge in [-0.1, -0.05) is 24.8 Å². The molecule has 0 aliphatic heterocycles. The van der Waals surface area contributed by atoms with Crippen LogP contribution in [0.3, 0.4) is 0 Å². The summed E-state index contributed by atoms with van der Waals surface area (Å²) in [5, 5.41) is 0. The van der Waals surface area contributed by atoms with Gasteiger partial charge in [0.15, 0.2) is 9.84 Å². The molecular formula is C15H21NO3S. The van der Waals surface area contributed by atoms with Crippen LogP contribution in [0.25, 0.3) is 0 Å². The van der Waals surface area contributed by atoms with Crippen molar-refractivity contribution in [3.63, 3.8) is 0 Å². The molecule has 0 heterocycles. The summed E-state index contributed by atoms with van der Waals surface area (Å²) < 4.78 is 28.8. The molecule has 0 unspecified atom stereocenters. The molecular weight excluding hydrogens is 274 g/mol. The van der Waals surface area contributed by atoms with Crippen LogP contribution < -0.4 is 10.5 Å². The van der Waals surface area contributed by atoms with Gasteiger partial charge >= 0.3 is 0 Å². The van der Waals surface area contributed by atoms with Gasteiger partial charge in [-0.3, -0.25) is 0 Å². The lowest BCUT2D eigenvalue weighted by atomic mass is 10.1. The van der Waals surface area contributed by atoms with Crippen molar-refractivity contribution >= 4 is 9.84 Å². The number of nitrogens with two attached hydrogens (primary N) is 1. The summed E-state index contributed by atoms with van der Waals surface area (Å²) in [4.78, 5) is 0. The van der Waals surface area contributed by atoms with Crippen LogP contribution in [0, 0.1) is 18.8 Å².